The summed E-state index contributed by atoms with van der Waals surface area (Å²) in [5.74, 6) is -5.30. The molecule has 33 heavy (non-hydrogen) atoms. The fraction of sp³-hybridized carbons (Fsp3) is 0.292. The maximum atomic E-state index is 13.8. The van der Waals surface area contributed by atoms with E-state index in [4.69, 9.17) is 9.94 Å². The third-order valence-electron chi connectivity index (χ3n) is 5.73. The van der Waals surface area contributed by atoms with Crippen LogP contribution in [0.3, 0.4) is 0 Å². The van der Waals surface area contributed by atoms with Crippen molar-refractivity contribution in [1.82, 2.24) is 15.8 Å². The summed E-state index contributed by atoms with van der Waals surface area (Å²) in [6.45, 7) is 2.23. The molecule has 3 aromatic rings. The third-order valence-corrected chi connectivity index (χ3v) is 5.73. The van der Waals surface area contributed by atoms with Crippen LogP contribution in [0.25, 0.3) is 10.9 Å². The Kier molecular flexibility index (Phi) is 6.24. The maximum Gasteiger partial charge on any atom is 0.251 e. The zero-order chi connectivity index (χ0) is 23.6. The molecule has 172 valence electrons. The second-order valence-electron chi connectivity index (χ2n) is 8.18. The average Bonchev–Trinajstić information content (AvgIpc) is 3.10. The van der Waals surface area contributed by atoms with Crippen molar-refractivity contribution in [3.05, 3.63) is 71.4 Å². The number of benzene rings is 2. The zero-order valence-corrected chi connectivity index (χ0v) is 17.8. The molecule has 1 aliphatic rings. The van der Waals surface area contributed by atoms with Crippen molar-refractivity contribution < 1.29 is 28.3 Å². The summed E-state index contributed by atoms with van der Waals surface area (Å²) in [4.78, 5) is 28.8. The van der Waals surface area contributed by atoms with Gasteiger partial charge >= 0.3 is 0 Å². The molecule has 2 aromatic carbocycles. The van der Waals surface area contributed by atoms with Crippen molar-refractivity contribution >= 4 is 22.7 Å². The van der Waals surface area contributed by atoms with E-state index in [0.29, 0.717) is 12.4 Å². The lowest BCUT2D eigenvalue weighted by Gasteiger charge is -2.18. The van der Waals surface area contributed by atoms with Gasteiger partial charge in [0.2, 0.25) is 5.91 Å². The minimum Gasteiger partial charge on any atom is -0.489 e. The van der Waals surface area contributed by atoms with Gasteiger partial charge in [-0.05, 0) is 43.3 Å². The van der Waals surface area contributed by atoms with Crippen LogP contribution < -0.4 is 15.5 Å². The Balaban J connectivity index is 1.41. The van der Waals surface area contributed by atoms with Crippen LogP contribution in [0.4, 0.5) is 8.78 Å². The molecule has 1 aromatic heterocycles. The topological polar surface area (TPSA) is 101 Å². The van der Waals surface area contributed by atoms with Crippen molar-refractivity contribution in [2.24, 2.45) is 5.92 Å². The Morgan fingerprint density at radius 2 is 1.88 bits per heavy atom. The Hall–Kier alpha value is -3.59. The second kappa shape index (κ2) is 9.11. The molecule has 3 N–H and O–H groups in total. The summed E-state index contributed by atoms with van der Waals surface area (Å²) in [7, 11) is 0. The fourth-order valence-corrected chi connectivity index (χ4v) is 4.15. The highest BCUT2D eigenvalue weighted by Crippen LogP contribution is 2.39. The van der Waals surface area contributed by atoms with Crippen molar-refractivity contribution in [3.63, 3.8) is 0 Å². The van der Waals surface area contributed by atoms with Gasteiger partial charge in [-0.2, -0.15) is 0 Å². The fourth-order valence-electron chi connectivity index (χ4n) is 4.15. The minimum absolute atomic E-state index is 0.242. The molecule has 2 atom stereocenters. The number of fused-ring (bicyclic) bond motifs is 1. The molecular weight excluding hydrogens is 432 g/mol. The number of nitrogens with zero attached hydrogens (tertiary/aromatic N) is 1. The van der Waals surface area contributed by atoms with Crippen LogP contribution in [0.2, 0.25) is 0 Å². The second-order valence-corrected chi connectivity index (χ2v) is 8.18. The highest BCUT2D eigenvalue weighted by atomic mass is 19.3. The summed E-state index contributed by atoms with van der Waals surface area (Å²) in [5, 5.41) is 12.3. The van der Waals surface area contributed by atoms with E-state index in [2.05, 4.69) is 10.3 Å². The number of ether oxygens (including phenoxy) is 1. The molecule has 1 aliphatic carbocycles. The number of halogens is 2. The maximum absolute atomic E-state index is 13.8. The van der Waals surface area contributed by atoms with E-state index in [1.807, 2.05) is 37.3 Å². The van der Waals surface area contributed by atoms with E-state index in [1.54, 1.807) is 12.1 Å². The molecule has 4 rings (SSSR count). The monoisotopic (exact) mass is 455 g/mol. The van der Waals surface area contributed by atoms with Gasteiger partial charge in [0, 0.05) is 41.1 Å². The predicted octanol–water partition coefficient (Wildman–Crippen LogP) is 3.77. The molecule has 0 spiro atoms. The molecule has 0 aliphatic heterocycles. The average molecular weight is 455 g/mol. The molecule has 2 amide bonds. The van der Waals surface area contributed by atoms with Crippen molar-refractivity contribution in [2.45, 2.75) is 38.3 Å². The van der Waals surface area contributed by atoms with Gasteiger partial charge in [0.15, 0.2) is 0 Å². The van der Waals surface area contributed by atoms with Gasteiger partial charge in [0.1, 0.15) is 12.4 Å². The SMILES string of the molecule is Cc1cc(COc2ccc(C(=O)N[C@@H]3CC(F)(F)C[C@H]3C(=O)NO)cc2)c2ccccc2n1. The highest BCUT2D eigenvalue weighted by molar-refractivity contribution is 5.95. The van der Waals surface area contributed by atoms with Gasteiger partial charge in [0.25, 0.3) is 11.8 Å². The molecule has 1 fully saturated rings. The van der Waals surface area contributed by atoms with Crippen LogP contribution in [-0.4, -0.2) is 34.0 Å². The molecule has 0 unspecified atom stereocenters. The van der Waals surface area contributed by atoms with Gasteiger partial charge in [-0.1, -0.05) is 18.2 Å². The van der Waals surface area contributed by atoms with Crippen molar-refractivity contribution in [2.75, 3.05) is 0 Å². The molecule has 9 heteroatoms. The van der Waals surface area contributed by atoms with Crippen LogP contribution in [0, 0.1) is 12.8 Å². The number of pyridine rings is 1. The lowest BCUT2D eigenvalue weighted by Crippen LogP contribution is -2.43. The Labute approximate surface area is 188 Å². The summed E-state index contributed by atoms with van der Waals surface area (Å²) in [5.41, 5.74) is 4.38. The Bertz CT molecular complexity index is 1180. The summed E-state index contributed by atoms with van der Waals surface area (Å²) < 4.78 is 33.4. The first-order valence-corrected chi connectivity index (χ1v) is 10.5. The quantitative estimate of drug-likeness (QED) is 0.388. The van der Waals surface area contributed by atoms with E-state index in [-0.39, 0.29) is 5.56 Å². The normalized spacial score (nSPS) is 19.3. The molecule has 7 nitrogen and oxygen atoms in total. The third kappa shape index (κ3) is 5.09. The molecular formula is C24H23F2N3O4. The van der Waals surface area contributed by atoms with Gasteiger partial charge in [-0.25, -0.2) is 14.3 Å². The predicted molar refractivity (Wildman–Crippen MR) is 116 cm³/mol. The number of nitrogens with one attached hydrogen (secondary N) is 2. The zero-order valence-electron chi connectivity index (χ0n) is 17.8. The number of hydrogen-bond acceptors (Lipinski definition) is 5. The lowest BCUT2D eigenvalue weighted by molar-refractivity contribution is -0.134. The summed E-state index contributed by atoms with van der Waals surface area (Å²) in [6, 6.07) is 14.9. The first-order valence-electron chi connectivity index (χ1n) is 10.5. The van der Waals surface area contributed by atoms with Crippen molar-refractivity contribution in [1.29, 1.82) is 0 Å². The van der Waals surface area contributed by atoms with Crippen LogP contribution in [0.15, 0.2) is 54.6 Å². The molecule has 0 saturated heterocycles. The number of aromatic nitrogens is 1. The number of carbonyl (C=O) groups is 2. The van der Waals surface area contributed by atoms with Gasteiger partial charge < -0.3 is 10.1 Å². The molecule has 0 bridgehead atoms. The van der Waals surface area contributed by atoms with E-state index in [0.717, 1.165) is 22.2 Å². The lowest BCUT2D eigenvalue weighted by atomic mass is 10.0. The van der Waals surface area contributed by atoms with E-state index in [9.17, 15) is 18.4 Å². The van der Waals surface area contributed by atoms with Crippen molar-refractivity contribution in [3.8, 4) is 5.75 Å². The number of para-hydroxylation sites is 1. The number of hydroxylamine groups is 1. The summed E-state index contributed by atoms with van der Waals surface area (Å²) >= 11 is 0. The number of amides is 2. The Morgan fingerprint density at radius 3 is 2.61 bits per heavy atom. The number of alkyl halides is 2. The minimum atomic E-state index is -3.09. The van der Waals surface area contributed by atoms with Gasteiger partial charge in [-0.15, -0.1) is 0 Å². The Morgan fingerprint density at radius 1 is 1.15 bits per heavy atom. The van der Waals surface area contributed by atoms with Crippen LogP contribution in [0.1, 0.15) is 34.5 Å². The van der Waals surface area contributed by atoms with Crippen LogP contribution in [0.5, 0.6) is 5.75 Å². The van der Waals surface area contributed by atoms with Gasteiger partial charge in [0.05, 0.1) is 11.4 Å². The van der Waals surface area contributed by atoms with E-state index < -0.39 is 42.5 Å². The smallest absolute Gasteiger partial charge is 0.251 e. The van der Waals surface area contributed by atoms with Crippen LogP contribution >= 0.6 is 0 Å². The van der Waals surface area contributed by atoms with Crippen LogP contribution in [-0.2, 0) is 11.4 Å². The number of hydrogen-bond donors (Lipinski definition) is 3. The first-order chi connectivity index (χ1) is 15.8. The van der Waals surface area contributed by atoms with E-state index >= 15 is 0 Å². The molecule has 1 heterocycles. The first kappa shape index (κ1) is 22.6. The van der Waals surface area contributed by atoms with E-state index in [1.165, 1.54) is 17.6 Å². The van der Waals surface area contributed by atoms with Gasteiger partial charge in [-0.3, -0.25) is 19.8 Å². The number of carbonyl (C=O) groups excluding carboxylic acids is 2. The highest BCUT2D eigenvalue weighted by Gasteiger charge is 2.50. The standard InChI is InChI=1S/C24H23F2N3O4/c1-14-10-16(18-4-2-3-5-20(18)27-14)13-33-17-8-6-15(7-9-17)22(30)28-21-12-24(25,26)11-19(21)23(31)29-32/h2-10,19,21,32H,11-13H2,1H3,(H,28,30)(H,29,31)/t19-,21-/m1/s1. The number of aryl methyl sites for hydroxylation is 1. The molecule has 0 radical (unpaired) electrons. The largest absolute Gasteiger partial charge is 0.489 e. The number of rotatable bonds is 6. The molecule has 1 saturated carbocycles. The summed E-state index contributed by atoms with van der Waals surface area (Å²) in [6.07, 6.45) is -1.41.